The normalized spacial score (nSPS) is 22.7. The molecule has 7 heteroatoms. The van der Waals surface area contributed by atoms with Gasteiger partial charge in [-0.15, -0.1) is 0 Å². The maximum atomic E-state index is 12.9. The van der Waals surface area contributed by atoms with E-state index in [1.54, 1.807) is 0 Å². The summed E-state index contributed by atoms with van der Waals surface area (Å²) >= 11 is 0. The monoisotopic (exact) mass is 340 g/mol. The van der Waals surface area contributed by atoms with Gasteiger partial charge in [-0.2, -0.15) is 0 Å². The van der Waals surface area contributed by atoms with Crippen LogP contribution in [0.15, 0.2) is 24.3 Å². The Balaban J connectivity index is 1.64. The molecule has 1 amide bonds. The highest BCUT2D eigenvalue weighted by molar-refractivity contribution is 7.88. The fraction of sp³-hybridized carbons (Fsp3) is 0.562. The van der Waals surface area contributed by atoms with Crippen molar-refractivity contribution < 1.29 is 17.6 Å². The molecule has 1 aliphatic carbocycles. The average Bonchev–Trinajstić information content (AvgIpc) is 3.33. The largest absolute Gasteiger partial charge is 0.353 e. The number of carbonyl (C=O) groups excluding carboxylic acids is 1. The van der Waals surface area contributed by atoms with Crippen molar-refractivity contribution in [3.8, 4) is 0 Å². The van der Waals surface area contributed by atoms with Gasteiger partial charge in [0, 0.05) is 19.1 Å². The first kappa shape index (κ1) is 16.4. The number of benzene rings is 1. The van der Waals surface area contributed by atoms with Gasteiger partial charge in [-0.05, 0) is 43.4 Å². The lowest BCUT2D eigenvalue weighted by Crippen LogP contribution is -2.46. The van der Waals surface area contributed by atoms with E-state index in [9.17, 15) is 17.6 Å². The fourth-order valence-corrected chi connectivity index (χ4v) is 4.45. The first-order chi connectivity index (χ1) is 10.9. The summed E-state index contributed by atoms with van der Waals surface area (Å²) in [4.78, 5) is 12.1. The molecule has 126 valence electrons. The molecule has 1 heterocycles. The molecule has 1 atom stereocenters. The topological polar surface area (TPSA) is 66.5 Å². The lowest BCUT2D eigenvalue weighted by atomic mass is 9.99. The standard InChI is InChI=1S/C16H21FN2O3S/c17-14-5-3-12(4-6-14)11-23(21,22)19-9-1-2-13(10-19)16(20)18-15-7-8-15/h3-6,13,15H,1-2,7-11H2,(H,18,20)/t13-/m1/s1. The van der Waals surface area contributed by atoms with E-state index in [2.05, 4.69) is 5.32 Å². The zero-order chi connectivity index (χ0) is 16.4. The summed E-state index contributed by atoms with van der Waals surface area (Å²) in [5.41, 5.74) is 0.552. The molecule has 1 aromatic carbocycles. The van der Waals surface area contributed by atoms with Crippen LogP contribution in [0.2, 0.25) is 0 Å². The van der Waals surface area contributed by atoms with Gasteiger partial charge in [-0.1, -0.05) is 12.1 Å². The van der Waals surface area contributed by atoms with E-state index >= 15 is 0 Å². The minimum atomic E-state index is -3.50. The zero-order valence-corrected chi connectivity index (χ0v) is 13.7. The third kappa shape index (κ3) is 4.29. The highest BCUT2D eigenvalue weighted by Crippen LogP contribution is 2.24. The van der Waals surface area contributed by atoms with E-state index < -0.39 is 10.0 Å². The Morgan fingerprint density at radius 3 is 2.57 bits per heavy atom. The van der Waals surface area contributed by atoms with Crippen molar-refractivity contribution in [3.05, 3.63) is 35.6 Å². The average molecular weight is 340 g/mol. The van der Waals surface area contributed by atoms with Crippen LogP contribution in [0.4, 0.5) is 4.39 Å². The third-order valence-corrected chi connectivity index (χ3v) is 6.15. The second kappa shape index (κ2) is 6.57. The molecule has 1 saturated carbocycles. The molecule has 1 N–H and O–H groups in total. The summed E-state index contributed by atoms with van der Waals surface area (Å²) in [7, 11) is -3.50. The fourth-order valence-electron chi connectivity index (χ4n) is 2.84. The van der Waals surface area contributed by atoms with Crippen LogP contribution in [0.1, 0.15) is 31.2 Å². The van der Waals surface area contributed by atoms with Crippen LogP contribution in [-0.4, -0.2) is 37.8 Å². The highest BCUT2D eigenvalue weighted by Gasteiger charge is 2.34. The minimum absolute atomic E-state index is 0.0332. The highest BCUT2D eigenvalue weighted by atomic mass is 32.2. The Bertz CT molecular complexity index is 671. The number of amides is 1. The molecule has 0 aromatic heterocycles. The van der Waals surface area contributed by atoms with Crippen molar-refractivity contribution in [1.29, 1.82) is 0 Å². The van der Waals surface area contributed by atoms with Gasteiger partial charge in [-0.3, -0.25) is 4.79 Å². The van der Waals surface area contributed by atoms with Crippen LogP contribution >= 0.6 is 0 Å². The molecule has 1 saturated heterocycles. The summed E-state index contributed by atoms with van der Waals surface area (Å²) in [6.45, 7) is 0.679. The first-order valence-corrected chi connectivity index (χ1v) is 9.57. The van der Waals surface area contributed by atoms with Crippen molar-refractivity contribution >= 4 is 15.9 Å². The van der Waals surface area contributed by atoms with E-state index in [4.69, 9.17) is 0 Å². The molecular weight excluding hydrogens is 319 g/mol. The van der Waals surface area contributed by atoms with E-state index in [-0.39, 0.29) is 36.0 Å². The number of sulfonamides is 1. The zero-order valence-electron chi connectivity index (χ0n) is 12.9. The van der Waals surface area contributed by atoms with Crippen molar-refractivity contribution in [1.82, 2.24) is 9.62 Å². The number of hydrogen-bond acceptors (Lipinski definition) is 3. The third-order valence-electron chi connectivity index (χ3n) is 4.33. The van der Waals surface area contributed by atoms with Gasteiger partial charge in [-0.25, -0.2) is 17.1 Å². The molecule has 0 unspecified atom stereocenters. The summed E-state index contributed by atoms with van der Waals surface area (Å²) in [6.07, 6.45) is 3.45. The van der Waals surface area contributed by atoms with Crippen molar-refractivity contribution in [2.75, 3.05) is 13.1 Å². The first-order valence-electron chi connectivity index (χ1n) is 7.97. The molecule has 1 aliphatic heterocycles. The predicted octanol–water partition coefficient (Wildman–Crippen LogP) is 1.65. The molecule has 2 aliphatic rings. The van der Waals surface area contributed by atoms with Crippen molar-refractivity contribution in [2.45, 2.75) is 37.5 Å². The van der Waals surface area contributed by atoms with Gasteiger partial charge >= 0.3 is 0 Å². The van der Waals surface area contributed by atoms with E-state index in [0.29, 0.717) is 18.5 Å². The van der Waals surface area contributed by atoms with Gasteiger partial charge < -0.3 is 5.32 Å². The van der Waals surface area contributed by atoms with E-state index in [0.717, 1.165) is 19.3 Å². The summed E-state index contributed by atoms with van der Waals surface area (Å²) in [5, 5.41) is 2.95. The maximum Gasteiger partial charge on any atom is 0.224 e. The predicted molar refractivity (Wildman–Crippen MR) is 84.5 cm³/mol. The van der Waals surface area contributed by atoms with Gasteiger partial charge in [0.25, 0.3) is 0 Å². The van der Waals surface area contributed by atoms with Crippen LogP contribution in [0, 0.1) is 11.7 Å². The smallest absolute Gasteiger partial charge is 0.224 e. The molecule has 1 aromatic rings. The molecule has 0 radical (unpaired) electrons. The SMILES string of the molecule is O=C(NC1CC1)[C@@H]1CCCN(S(=O)(=O)Cc2ccc(F)cc2)C1. The maximum absolute atomic E-state index is 12.9. The molecule has 0 spiro atoms. The van der Waals surface area contributed by atoms with Crippen LogP contribution in [0.3, 0.4) is 0 Å². The lowest BCUT2D eigenvalue weighted by molar-refractivity contribution is -0.126. The molecule has 23 heavy (non-hydrogen) atoms. The van der Waals surface area contributed by atoms with Crippen molar-refractivity contribution in [3.63, 3.8) is 0 Å². The number of halogens is 1. The molecule has 5 nitrogen and oxygen atoms in total. The number of piperidine rings is 1. The van der Waals surface area contributed by atoms with E-state index in [1.807, 2.05) is 0 Å². The van der Waals surface area contributed by atoms with Crippen molar-refractivity contribution in [2.24, 2.45) is 5.92 Å². The Morgan fingerprint density at radius 2 is 1.91 bits per heavy atom. The second-order valence-electron chi connectivity index (χ2n) is 6.36. The van der Waals surface area contributed by atoms with Crippen LogP contribution in [-0.2, 0) is 20.6 Å². The number of rotatable bonds is 5. The Kier molecular flexibility index (Phi) is 4.68. The van der Waals surface area contributed by atoms with Gasteiger partial charge in [0.05, 0.1) is 11.7 Å². The van der Waals surface area contributed by atoms with Gasteiger partial charge in [0.1, 0.15) is 5.82 Å². The molecular formula is C16H21FN2O3S. The number of nitrogens with zero attached hydrogens (tertiary/aromatic N) is 1. The Labute approximate surface area is 135 Å². The number of carbonyl (C=O) groups is 1. The summed E-state index contributed by atoms with van der Waals surface area (Å²) < 4.78 is 39.4. The van der Waals surface area contributed by atoms with Crippen LogP contribution < -0.4 is 5.32 Å². The summed E-state index contributed by atoms with van der Waals surface area (Å²) in [5.74, 6) is -0.855. The van der Waals surface area contributed by atoms with E-state index in [1.165, 1.54) is 28.6 Å². The Morgan fingerprint density at radius 1 is 1.22 bits per heavy atom. The van der Waals surface area contributed by atoms with Crippen LogP contribution in [0.5, 0.6) is 0 Å². The minimum Gasteiger partial charge on any atom is -0.353 e. The second-order valence-corrected chi connectivity index (χ2v) is 8.33. The van der Waals surface area contributed by atoms with Gasteiger partial charge in [0.15, 0.2) is 0 Å². The molecule has 3 rings (SSSR count). The van der Waals surface area contributed by atoms with Gasteiger partial charge in [0.2, 0.25) is 15.9 Å². The number of hydrogen-bond donors (Lipinski definition) is 1. The molecule has 2 fully saturated rings. The number of nitrogens with one attached hydrogen (secondary N) is 1. The van der Waals surface area contributed by atoms with Crippen LogP contribution in [0.25, 0.3) is 0 Å². The quantitative estimate of drug-likeness (QED) is 0.886. The lowest BCUT2D eigenvalue weighted by Gasteiger charge is -2.31. The Hall–Kier alpha value is -1.47. The summed E-state index contributed by atoms with van der Waals surface area (Å²) in [6, 6.07) is 5.76. The molecule has 0 bridgehead atoms.